The van der Waals surface area contributed by atoms with Gasteiger partial charge >= 0.3 is 6.18 Å². The van der Waals surface area contributed by atoms with Gasteiger partial charge in [0.25, 0.3) is 0 Å². The molecule has 0 spiro atoms. The monoisotopic (exact) mass is 219 g/mol. The summed E-state index contributed by atoms with van der Waals surface area (Å²) in [6.07, 6.45) is 3.16. The van der Waals surface area contributed by atoms with E-state index in [0.717, 1.165) is 13.0 Å². The second-order valence-electron chi connectivity index (χ2n) is 3.97. The first-order chi connectivity index (χ1) is 7.04. The number of rotatable bonds is 3. The van der Waals surface area contributed by atoms with Crippen LogP contribution in [0.4, 0.5) is 13.2 Å². The van der Waals surface area contributed by atoms with Gasteiger partial charge in [-0.05, 0) is 38.9 Å². The van der Waals surface area contributed by atoms with Crippen molar-refractivity contribution in [2.75, 3.05) is 19.6 Å². The van der Waals surface area contributed by atoms with Gasteiger partial charge < -0.3 is 4.90 Å². The maximum atomic E-state index is 12.3. The second-order valence-corrected chi connectivity index (χ2v) is 3.97. The molecule has 0 bridgehead atoms. The van der Waals surface area contributed by atoms with Gasteiger partial charge in [-0.15, -0.1) is 12.3 Å². The van der Waals surface area contributed by atoms with Gasteiger partial charge in [-0.3, -0.25) is 0 Å². The fourth-order valence-corrected chi connectivity index (χ4v) is 1.89. The Morgan fingerprint density at radius 1 is 1.27 bits per heavy atom. The van der Waals surface area contributed by atoms with Gasteiger partial charge in [-0.2, -0.15) is 13.2 Å². The highest BCUT2D eigenvalue weighted by atomic mass is 19.4. The summed E-state index contributed by atoms with van der Waals surface area (Å²) in [4.78, 5) is 2.07. The molecule has 0 aromatic carbocycles. The third-order valence-corrected chi connectivity index (χ3v) is 2.85. The van der Waals surface area contributed by atoms with E-state index >= 15 is 0 Å². The molecule has 15 heavy (non-hydrogen) atoms. The summed E-state index contributed by atoms with van der Waals surface area (Å²) in [7, 11) is 0. The molecule has 4 heteroatoms. The number of hydrogen-bond donors (Lipinski definition) is 0. The molecule has 1 rings (SSSR count). The molecule has 1 nitrogen and oxygen atoms in total. The molecule has 0 saturated carbocycles. The van der Waals surface area contributed by atoms with Crippen LogP contribution in [0.3, 0.4) is 0 Å². The molecule has 1 aliphatic heterocycles. The lowest BCUT2D eigenvalue weighted by Gasteiger charge is -2.32. The molecule has 1 saturated heterocycles. The molecule has 0 aromatic heterocycles. The quantitative estimate of drug-likeness (QED) is 0.521. The van der Waals surface area contributed by atoms with Crippen LogP contribution >= 0.6 is 0 Å². The number of halogens is 3. The van der Waals surface area contributed by atoms with Crippen molar-refractivity contribution in [2.24, 2.45) is 5.92 Å². The Labute approximate surface area is 88.6 Å². The molecule has 0 aromatic rings. The minimum absolute atomic E-state index is 0.236. The number of alkyl halides is 3. The lowest BCUT2D eigenvalue weighted by Crippen LogP contribution is -2.39. The zero-order chi connectivity index (χ0) is 11.3. The van der Waals surface area contributed by atoms with Gasteiger partial charge in [0.15, 0.2) is 0 Å². The number of terminal acetylenes is 1. The normalized spacial score (nSPS) is 20.1. The zero-order valence-corrected chi connectivity index (χ0v) is 8.69. The maximum absolute atomic E-state index is 12.3. The number of hydrogen-bond acceptors (Lipinski definition) is 1. The standard InChI is InChI=1S/C11H16F3N/c1-2-3-4-7-15-8-5-10(6-9-15)11(12,13)14/h1,10H,3-9H2. The van der Waals surface area contributed by atoms with Gasteiger partial charge in [0, 0.05) is 6.42 Å². The van der Waals surface area contributed by atoms with E-state index < -0.39 is 12.1 Å². The smallest absolute Gasteiger partial charge is 0.303 e. The Hall–Kier alpha value is -0.690. The lowest BCUT2D eigenvalue weighted by molar-refractivity contribution is -0.185. The minimum Gasteiger partial charge on any atom is -0.303 e. The second kappa shape index (κ2) is 5.41. The van der Waals surface area contributed by atoms with Crippen LogP contribution in [0.15, 0.2) is 0 Å². The SMILES string of the molecule is C#CCCCN1CCC(C(F)(F)F)CC1. The Morgan fingerprint density at radius 3 is 2.33 bits per heavy atom. The van der Waals surface area contributed by atoms with Crippen molar-refractivity contribution in [2.45, 2.75) is 31.9 Å². The summed E-state index contributed by atoms with van der Waals surface area (Å²) in [6, 6.07) is 0. The van der Waals surface area contributed by atoms with Crippen LogP contribution in [0.25, 0.3) is 0 Å². The highest BCUT2D eigenvalue weighted by Crippen LogP contribution is 2.33. The number of likely N-dealkylation sites (tertiary alicyclic amines) is 1. The van der Waals surface area contributed by atoms with Crippen LogP contribution in [-0.4, -0.2) is 30.7 Å². The third-order valence-electron chi connectivity index (χ3n) is 2.85. The molecule has 1 aliphatic rings. The van der Waals surface area contributed by atoms with Crippen molar-refractivity contribution in [1.82, 2.24) is 4.90 Å². The van der Waals surface area contributed by atoms with Crippen LogP contribution in [0, 0.1) is 18.3 Å². The van der Waals surface area contributed by atoms with Gasteiger partial charge in [0.1, 0.15) is 0 Å². The van der Waals surface area contributed by atoms with Crippen molar-refractivity contribution in [3.05, 3.63) is 0 Å². The first-order valence-corrected chi connectivity index (χ1v) is 5.26. The molecule has 0 N–H and O–H groups in total. The Bertz CT molecular complexity index is 221. The molecule has 0 radical (unpaired) electrons. The zero-order valence-electron chi connectivity index (χ0n) is 8.69. The summed E-state index contributed by atoms with van der Waals surface area (Å²) >= 11 is 0. The highest BCUT2D eigenvalue weighted by Gasteiger charge is 2.40. The van der Waals surface area contributed by atoms with Gasteiger partial charge in [-0.25, -0.2) is 0 Å². The van der Waals surface area contributed by atoms with Gasteiger partial charge in [0.05, 0.1) is 5.92 Å². The van der Waals surface area contributed by atoms with E-state index in [2.05, 4.69) is 10.8 Å². The molecule has 1 heterocycles. The first-order valence-electron chi connectivity index (χ1n) is 5.26. The third kappa shape index (κ3) is 4.13. The van der Waals surface area contributed by atoms with E-state index in [1.165, 1.54) is 0 Å². The predicted molar refractivity (Wildman–Crippen MR) is 53.3 cm³/mol. The van der Waals surface area contributed by atoms with E-state index in [0.29, 0.717) is 19.5 Å². The van der Waals surface area contributed by atoms with E-state index in [4.69, 9.17) is 6.42 Å². The summed E-state index contributed by atoms with van der Waals surface area (Å²) in [5.74, 6) is 1.44. The van der Waals surface area contributed by atoms with Gasteiger partial charge in [0.2, 0.25) is 0 Å². The average Bonchev–Trinajstić information content (AvgIpc) is 2.18. The van der Waals surface area contributed by atoms with Crippen LogP contribution in [0.2, 0.25) is 0 Å². The van der Waals surface area contributed by atoms with Crippen molar-refractivity contribution in [1.29, 1.82) is 0 Å². The summed E-state index contributed by atoms with van der Waals surface area (Å²) < 4.78 is 37.0. The van der Waals surface area contributed by atoms with Crippen LogP contribution in [-0.2, 0) is 0 Å². The van der Waals surface area contributed by atoms with E-state index in [-0.39, 0.29) is 12.8 Å². The highest BCUT2D eigenvalue weighted by molar-refractivity contribution is 4.84. The van der Waals surface area contributed by atoms with Crippen molar-refractivity contribution < 1.29 is 13.2 Å². The fourth-order valence-electron chi connectivity index (χ4n) is 1.89. The summed E-state index contributed by atoms with van der Waals surface area (Å²) in [5, 5.41) is 0. The van der Waals surface area contributed by atoms with E-state index in [1.807, 2.05) is 0 Å². The molecule has 86 valence electrons. The molecule has 0 amide bonds. The van der Waals surface area contributed by atoms with Crippen LogP contribution < -0.4 is 0 Å². The van der Waals surface area contributed by atoms with Crippen LogP contribution in [0.5, 0.6) is 0 Å². The molecule has 0 unspecified atom stereocenters. The minimum atomic E-state index is -4.01. The van der Waals surface area contributed by atoms with Crippen molar-refractivity contribution >= 4 is 0 Å². The molecule has 0 aliphatic carbocycles. The summed E-state index contributed by atoms with van der Waals surface area (Å²) in [5.41, 5.74) is 0. The Balaban J connectivity index is 2.22. The molecule has 0 atom stereocenters. The fraction of sp³-hybridized carbons (Fsp3) is 0.818. The molecular formula is C11H16F3N. The lowest BCUT2D eigenvalue weighted by atomic mass is 9.96. The Kier molecular flexibility index (Phi) is 4.46. The maximum Gasteiger partial charge on any atom is 0.391 e. The Morgan fingerprint density at radius 2 is 1.87 bits per heavy atom. The predicted octanol–water partition coefficient (Wildman–Crippen LogP) is 2.67. The van der Waals surface area contributed by atoms with Gasteiger partial charge in [-0.1, -0.05) is 0 Å². The molecule has 1 fully saturated rings. The molecular weight excluding hydrogens is 203 g/mol. The van der Waals surface area contributed by atoms with E-state index in [9.17, 15) is 13.2 Å². The average molecular weight is 219 g/mol. The first kappa shape index (κ1) is 12.4. The number of nitrogens with zero attached hydrogens (tertiary/aromatic N) is 1. The van der Waals surface area contributed by atoms with E-state index in [1.54, 1.807) is 0 Å². The number of piperidine rings is 1. The van der Waals surface area contributed by atoms with Crippen molar-refractivity contribution in [3.63, 3.8) is 0 Å². The van der Waals surface area contributed by atoms with Crippen molar-refractivity contribution in [3.8, 4) is 12.3 Å². The topological polar surface area (TPSA) is 3.24 Å². The van der Waals surface area contributed by atoms with Crippen LogP contribution in [0.1, 0.15) is 25.7 Å². The number of unbranched alkanes of at least 4 members (excludes halogenated alkanes) is 1. The largest absolute Gasteiger partial charge is 0.391 e. The summed E-state index contributed by atoms with van der Waals surface area (Å²) in [6.45, 7) is 1.93.